The summed E-state index contributed by atoms with van der Waals surface area (Å²) in [7, 11) is 0. The van der Waals surface area contributed by atoms with Crippen LogP contribution in [-0.2, 0) is 5.41 Å². The SMILES string of the molecule is Cc1cc(C)n(C(=O)CSc2nnc(C(C)(C)C)n2N)n1. The summed E-state index contributed by atoms with van der Waals surface area (Å²) in [6, 6.07) is 1.87. The number of nitrogens with two attached hydrogens (primary N) is 1. The fourth-order valence-electron chi connectivity index (χ4n) is 1.96. The number of nitrogen functional groups attached to an aromatic ring is 1. The number of carbonyl (C=O) groups is 1. The Morgan fingerprint density at radius 2 is 2.00 bits per heavy atom. The van der Waals surface area contributed by atoms with E-state index >= 15 is 0 Å². The predicted octanol–water partition coefficient (Wildman–Crippen LogP) is 1.54. The van der Waals surface area contributed by atoms with Gasteiger partial charge in [-0.3, -0.25) is 4.79 Å². The second kappa shape index (κ2) is 5.51. The number of carbonyl (C=O) groups excluding carboxylic acids is 1. The van der Waals surface area contributed by atoms with Crippen LogP contribution >= 0.6 is 11.8 Å². The molecular weight excluding hydrogens is 288 g/mol. The van der Waals surface area contributed by atoms with E-state index in [0.717, 1.165) is 11.4 Å². The number of hydrogen-bond donors (Lipinski definition) is 1. The van der Waals surface area contributed by atoms with Gasteiger partial charge in [-0.1, -0.05) is 32.5 Å². The molecule has 0 radical (unpaired) electrons. The van der Waals surface area contributed by atoms with E-state index in [9.17, 15) is 4.79 Å². The molecule has 2 heterocycles. The topological polar surface area (TPSA) is 91.6 Å². The van der Waals surface area contributed by atoms with E-state index in [4.69, 9.17) is 5.84 Å². The first-order valence-electron chi connectivity index (χ1n) is 6.60. The molecule has 2 aromatic heterocycles. The van der Waals surface area contributed by atoms with Crippen LogP contribution in [0.4, 0.5) is 0 Å². The Kier molecular flexibility index (Phi) is 4.08. The van der Waals surface area contributed by atoms with Crippen molar-refractivity contribution in [2.45, 2.75) is 45.2 Å². The van der Waals surface area contributed by atoms with Crippen molar-refractivity contribution in [3.63, 3.8) is 0 Å². The number of rotatable bonds is 3. The van der Waals surface area contributed by atoms with Crippen molar-refractivity contribution in [1.82, 2.24) is 24.7 Å². The number of aromatic nitrogens is 5. The van der Waals surface area contributed by atoms with Crippen molar-refractivity contribution in [2.75, 3.05) is 11.6 Å². The van der Waals surface area contributed by atoms with E-state index in [2.05, 4.69) is 15.3 Å². The summed E-state index contributed by atoms with van der Waals surface area (Å²) in [5.41, 5.74) is 1.45. The van der Waals surface area contributed by atoms with E-state index < -0.39 is 0 Å². The van der Waals surface area contributed by atoms with Crippen LogP contribution in [0.2, 0.25) is 0 Å². The molecule has 0 unspecified atom stereocenters. The molecule has 21 heavy (non-hydrogen) atoms. The Hall–Kier alpha value is -1.83. The van der Waals surface area contributed by atoms with E-state index in [1.165, 1.54) is 21.1 Å². The molecule has 0 aliphatic rings. The number of nitrogens with zero attached hydrogens (tertiary/aromatic N) is 5. The molecule has 0 spiro atoms. The molecule has 0 aliphatic heterocycles. The van der Waals surface area contributed by atoms with Gasteiger partial charge in [0.1, 0.15) is 0 Å². The van der Waals surface area contributed by atoms with Crippen LogP contribution in [-0.4, -0.2) is 36.3 Å². The standard InChI is InChI=1S/C13H20N6OS/c1-8-6-9(2)19(17-8)10(20)7-21-12-16-15-11(18(12)14)13(3,4)5/h6H,7,14H2,1-5H3. The Morgan fingerprint density at radius 1 is 1.33 bits per heavy atom. The molecule has 0 saturated carbocycles. The lowest BCUT2D eigenvalue weighted by molar-refractivity contribution is 0.0924. The molecule has 0 atom stereocenters. The highest BCUT2D eigenvalue weighted by Gasteiger charge is 2.23. The average Bonchev–Trinajstić information content (AvgIpc) is 2.89. The van der Waals surface area contributed by atoms with Gasteiger partial charge < -0.3 is 5.84 Å². The largest absolute Gasteiger partial charge is 0.336 e. The highest BCUT2D eigenvalue weighted by molar-refractivity contribution is 7.99. The normalized spacial score (nSPS) is 11.9. The molecule has 0 saturated heterocycles. The first-order chi connectivity index (χ1) is 9.70. The monoisotopic (exact) mass is 308 g/mol. The van der Waals surface area contributed by atoms with Crippen molar-refractivity contribution in [3.05, 3.63) is 23.3 Å². The summed E-state index contributed by atoms with van der Waals surface area (Å²) >= 11 is 1.26. The van der Waals surface area contributed by atoms with Gasteiger partial charge in [-0.15, -0.1) is 10.2 Å². The van der Waals surface area contributed by atoms with Crippen molar-refractivity contribution in [2.24, 2.45) is 0 Å². The van der Waals surface area contributed by atoms with Crippen LogP contribution in [0.1, 0.15) is 42.8 Å². The zero-order valence-electron chi connectivity index (χ0n) is 12.9. The minimum atomic E-state index is -0.194. The molecule has 114 valence electrons. The molecule has 7 nitrogen and oxygen atoms in total. The lowest BCUT2D eigenvalue weighted by Gasteiger charge is -2.16. The highest BCUT2D eigenvalue weighted by Crippen LogP contribution is 2.23. The quantitative estimate of drug-likeness (QED) is 0.683. The fourth-order valence-corrected chi connectivity index (χ4v) is 2.65. The Bertz CT molecular complexity index is 667. The lowest BCUT2D eigenvalue weighted by atomic mass is 9.96. The van der Waals surface area contributed by atoms with Crippen LogP contribution in [0, 0.1) is 13.8 Å². The maximum absolute atomic E-state index is 12.1. The summed E-state index contributed by atoms with van der Waals surface area (Å²) in [5.74, 6) is 6.77. The van der Waals surface area contributed by atoms with E-state index in [1.54, 1.807) is 0 Å². The third-order valence-electron chi connectivity index (χ3n) is 2.91. The van der Waals surface area contributed by atoms with Crippen LogP contribution in [0.3, 0.4) is 0 Å². The second-order valence-electron chi connectivity index (χ2n) is 5.95. The molecule has 0 amide bonds. The molecule has 2 N–H and O–H groups in total. The second-order valence-corrected chi connectivity index (χ2v) is 6.89. The third-order valence-corrected chi connectivity index (χ3v) is 3.83. The van der Waals surface area contributed by atoms with E-state index in [1.807, 2.05) is 40.7 Å². The van der Waals surface area contributed by atoms with Gasteiger partial charge in [0.05, 0.1) is 11.4 Å². The predicted molar refractivity (Wildman–Crippen MR) is 81.9 cm³/mol. The maximum Gasteiger partial charge on any atom is 0.257 e. The molecular formula is C13H20N6OS. The molecule has 0 bridgehead atoms. The van der Waals surface area contributed by atoms with Gasteiger partial charge in [-0.05, 0) is 19.9 Å². The van der Waals surface area contributed by atoms with Crippen molar-refractivity contribution >= 4 is 17.7 Å². The van der Waals surface area contributed by atoms with Gasteiger partial charge in [0.25, 0.3) is 5.91 Å². The Labute approximate surface area is 127 Å². The van der Waals surface area contributed by atoms with E-state index in [-0.39, 0.29) is 17.1 Å². The van der Waals surface area contributed by atoms with E-state index in [0.29, 0.717) is 11.0 Å². The fraction of sp³-hybridized carbons (Fsp3) is 0.538. The van der Waals surface area contributed by atoms with Gasteiger partial charge in [0.15, 0.2) is 5.82 Å². The lowest BCUT2D eigenvalue weighted by Crippen LogP contribution is -2.24. The van der Waals surface area contributed by atoms with Gasteiger partial charge in [-0.25, -0.2) is 9.36 Å². The molecule has 0 aromatic carbocycles. The molecule has 2 aromatic rings. The number of hydrogen-bond acceptors (Lipinski definition) is 6. The molecule has 0 fully saturated rings. The van der Waals surface area contributed by atoms with Gasteiger partial charge in [0, 0.05) is 11.1 Å². The van der Waals surface area contributed by atoms with Crippen LogP contribution in [0.25, 0.3) is 0 Å². The van der Waals surface area contributed by atoms with Crippen LogP contribution in [0.15, 0.2) is 11.2 Å². The van der Waals surface area contributed by atoms with Gasteiger partial charge in [-0.2, -0.15) is 5.10 Å². The summed E-state index contributed by atoms with van der Waals surface area (Å²) < 4.78 is 2.85. The number of aryl methyl sites for hydroxylation is 2. The summed E-state index contributed by atoms with van der Waals surface area (Å²) in [5, 5.41) is 12.8. The molecule has 0 aliphatic carbocycles. The number of thioether (sulfide) groups is 1. The third kappa shape index (κ3) is 3.26. The first-order valence-corrected chi connectivity index (χ1v) is 7.59. The first kappa shape index (κ1) is 15.6. The smallest absolute Gasteiger partial charge is 0.257 e. The Balaban J connectivity index is 2.09. The minimum Gasteiger partial charge on any atom is -0.336 e. The summed E-state index contributed by atoms with van der Waals surface area (Å²) in [4.78, 5) is 12.1. The maximum atomic E-state index is 12.1. The average molecular weight is 308 g/mol. The minimum absolute atomic E-state index is 0.106. The van der Waals surface area contributed by atoms with Crippen molar-refractivity contribution in [3.8, 4) is 0 Å². The van der Waals surface area contributed by atoms with Crippen molar-refractivity contribution in [1.29, 1.82) is 0 Å². The summed E-state index contributed by atoms with van der Waals surface area (Å²) in [6.07, 6.45) is 0. The van der Waals surface area contributed by atoms with Gasteiger partial charge >= 0.3 is 0 Å². The zero-order valence-corrected chi connectivity index (χ0v) is 13.7. The highest BCUT2D eigenvalue weighted by atomic mass is 32.2. The Morgan fingerprint density at radius 3 is 2.48 bits per heavy atom. The van der Waals surface area contributed by atoms with Gasteiger partial charge in [0.2, 0.25) is 5.16 Å². The van der Waals surface area contributed by atoms with Crippen LogP contribution < -0.4 is 5.84 Å². The van der Waals surface area contributed by atoms with Crippen molar-refractivity contribution < 1.29 is 4.79 Å². The summed E-state index contributed by atoms with van der Waals surface area (Å²) in [6.45, 7) is 9.74. The molecule has 8 heteroatoms. The zero-order chi connectivity index (χ0) is 15.8. The molecule has 2 rings (SSSR count). The van der Waals surface area contributed by atoms with Crippen LogP contribution in [0.5, 0.6) is 0 Å².